The maximum absolute atomic E-state index is 13.7. The molecule has 1 aromatic carbocycles. The van der Waals surface area contributed by atoms with Gasteiger partial charge in [0, 0.05) is 29.2 Å². The molecule has 2 rings (SSSR count). The van der Waals surface area contributed by atoms with E-state index < -0.39 is 0 Å². The lowest BCUT2D eigenvalue weighted by molar-refractivity contribution is 0.153. The van der Waals surface area contributed by atoms with Gasteiger partial charge in [-0.3, -0.25) is 0 Å². The van der Waals surface area contributed by atoms with Crippen LogP contribution in [0.3, 0.4) is 0 Å². The zero-order valence-corrected chi connectivity index (χ0v) is 12.4. The molecule has 0 aliphatic heterocycles. The molecule has 0 unspecified atom stereocenters. The zero-order chi connectivity index (χ0) is 13.9. The van der Waals surface area contributed by atoms with Crippen LogP contribution >= 0.6 is 11.6 Å². The zero-order valence-electron chi connectivity index (χ0n) is 11.7. The molecule has 106 valence electrons. The van der Waals surface area contributed by atoms with Crippen LogP contribution in [0.1, 0.15) is 31.2 Å². The van der Waals surface area contributed by atoms with Crippen molar-refractivity contribution >= 4 is 11.6 Å². The summed E-state index contributed by atoms with van der Waals surface area (Å²) in [7, 11) is 4.26. The predicted molar refractivity (Wildman–Crippen MR) is 78.0 cm³/mol. The Morgan fingerprint density at radius 1 is 1.32 bits per heavy atom. The van der Waals surface area contributed by atoms with Gasteiger partial charge in [-0.2, -0.15) is 0 Å². The van der Waals surface area contributed by atoms with Gasteiger partial charge in [0.25, 0.3) is 0 Å². The quantitative estimate of drug-likeness (QED) is 0.891. The molecule has 0 saturated heterocycles. The number of nitrogens with zero attached hydrogens (tertiary/aromatic N) is 1. The number of nitrogens with one attached hydrogen (secondary N) is 1. The van der Waals surface area contributed by atoms with E-state index in [4.69, 9.17) is 11.6 Å². The molecule has 2 nitrogen and oxygen atoms in total. The summed E-state index contributed by atoms with van der Waals surface area (Å²) in [6.07, 6.45) is 4.97. The fraction of sp³-hybridized carbons (Fsp3) is 0.600. The summed E-state index contributed by atoms with van der Waals surface area (Å²) in [5, 5.41) is 3.88. The first-order chi connectivity index (χ1) is 9.05. The average Bonchev–Trinajstić information content (AvgIpc) is 2.83. The van der Waals surface area contributed by atoms with E-state index in [1.54, 1.807) is 12.1 Å². The molecule has 1 aromatic rings. The molecule has 1 aliphatic rings. The van der Waals surface area contributed by atoms with Crippen LogP contribution in [0.15, 0.2) is 18.2 Å². The molecule has 1 N–H and O–H groups in total. The molecule has 0 spiro atoms. The van der Waals surface area contributed by atoms with Crippen molar-refractivity contribution in [1.29, 1.82) is 0 Å². The second-order valence-electron chi connectivity index (χ2n) is 5.63. The van der Waals surface area contributed by atoms with Gasteiger partial charge in [-0.05, 0) is 39.1 Å². The molecule has 19 heavy (non-hydrogen) atoms. The van der Waals surface area contributed by atoms with Crippen molar-refractivity contribution in [1.82, 2.24) is 10.2 Å². The summed E-state index contributed by atoms with van der Waals surface area (Å²) in [6.45, 7) is 1.37. The molecule has 0 amide bonds. The fourth-order valence-electron chi connectivity index (χ4n) is 2.94. The first-order valence-electron chi connectivity index (χ1n) is 6.86. The maximum Gasteiger partial charge on any atom is 0.129 e. The van der Waals surface area contributed by atoms with E-state index in [0.29, 0.717) is 17.1 Å². The highest BCUT2D eigenvalue weighted by molar-refractivity contribution is 6.31. The SMILES string of the molecule is CN(C)C1(CNCc2c(F)cccc2Cl)CCCC1. The van der Waals surface area contributed by atoms with Crippen LogP contribution in [0.25, 0.3) is 0 Å². The van der Waals surface area contributed by atoms with Crippen molar-refractivity contribution in [3.8, 4) is 0 Å². The van der Waals surface area contributed by atoms with Crippen LogP contribution in [0.5, 0.6) is 0 Å². The number of halogens is 2. The Labute approximate surface area is 119 Å². The molecule has 4 heteroatoms. The average molecular weight is 285 g/mol. The van der Waals surface area contributed by atoms with Crippen LogP contribution in [0.4, 0.5) is 4.39 Å². The minimum absolute atomic E-state index is 0.220. The summed E-state index contributed by atoms with van der Waals surface area (Å²) in [4.78, 5) is 2.30. The predicted octanol–water partition coefficient (Wildman–Crippen LogP) is 3.44. The largest absolute Gasteiger partial charge is 0.311 e. The Hall–Kier alpha value is -0.640. The highest BCUT2D eigenvalue weighted by Crippen LogP contribution is 2.33. The Balaban J connectivity index is 1.96. The topological polar surface area (TPSA) is 15.3 Å². The molecule has 1 saturated carbocycles. The smallest absolute Gasteiger partial charge is 0.129 e. The highest BCUT2D eigenvalue weighted by atomic mass is 35.5. The van der Waals surface area contributed by atoms with Gasteiger partial charge in [0.2, 0.25) is 0 Å². The van der Waals surface area contributed by atoms with E-state index in [0.717, 1.165) is 6.54 Å². The Morgan fingerprint density at radius 2 is 2.00 bits per heavy atom. The van der Waals surface area contributed by atoms with Crippen LogP contribution < -0.4 is 5.32 Å². The fourth-order valence-corrected chi connectivity index (χ4v) is 3.17. The van der Waals surface area contributed by atoms with E-state index in [-0.39, 0.29) is 11.4 Å². The van der Waals surface area contributed by atoms with Crippen molar-refractivity contribution < 1.29 is 4.39 Å². The van der Waals surface area contributed by atoms with Crippen LogP contribution in [0.2, 0.25) is 5.02 Å². The highest BCUT2D eigenvalue weighted by Gasteiger charge is 2.35. The second-order valence-corrected chi connectivity index (χ2v) is 6.04. The van der Waals surface area contributed by atoms with E-state index in [2.05, 4.69) is 24.3 Å². The number of benzene rings is 1. The Morgan fingerprint density at radius 3 is 2.58 bits per heavy atom. The molecule has 0 atom stereocenters. The van der Waals surface area contributed by atoms with Gasteiger partial charge in [0.1, 0.15) is 5.82 Å². The third kappa shape index (κ3) is 3.28. The standard InChI is InChI=1S/C15H22ClFN2/c1-19(2)15(8-3-4-9-15)11-18-10-12-13(16)6-5-7-14(12)17/h5-7,18H,3-4,8-11H2,1-2H3. The van der Waals surface area contributed by atoms with Gasteiger partial charge in [-0.1, -0.05) is 30.5 Å². The maximum atomic E-state index is 13.7. The van der Waals surface area contributed by atoms with Gasteiger partial charge in [0.05, 0.1) is 0 Å². The van der Waals surface area contributed by atoms with Crippen LogP contribution in [0, 0.1) is 5.82 Å². The first kappa shape index (κ1) is 14.8. The number of hydrogen-bond acceptors (Lipinski definition) is 2. The van der Waals surface area contributed by atoms with E-state index in [9.17, 15) is 4.39 Å². The monoisotopic (exact) mass is 284 g/mol. The molecule has 1 fully saturated rings. The van der Waals surface area contributed by atoms with Crippen molar-refractivity contribution in [3.63, 3.8) is 0 Å². The first-order valence-corrected chi connectivity index (χ1v) is 7.24. The van der Waals surface area contributed by atoms with Gasteiger partial charge < -0.3 is 10.2 Å². The van der Waals surface area contributed by atoms with Crippen molar-refractivity contribution in [2.75, 3.05) is 20.6 Å². The van der Waals surface area contributed by atoms with Gasteiger partial charge >= 0.3 is 0 Å². The summed E-state index contributed by atoms with van der Waals surface area (Å²) in [6, 6.07) is 4.83. The lowest BCUT2D eigenvalue weighted by Crippen LogP contribution is -2.49. The van der Waals surface area contributed by atoms with Crippen LogP contribution in [-0.4, -0.2) is 31.1 Å². The van der Waals surface area contributed by atoms with E-state index in [1.807, 2.05) is 0 Å². The normalized spacial score (nSPS) is 18.2. The summed E-state index contributed by atoms with van der Waals surface area (Å²) < 4.78 is 13.7. The third-order valence-electron chi connectivity index (χ3n) is 4.30. The summed E-state index contributed by atoms with van der Waals surface area (Å²) >= 11 is 6.03. The number of rotatable bonds is 5. The van der Waals surface area contributed by atoms with Gasteiger partial charge in [0.15, 0.2) is 0 Å². The number of likely N-dealkylation sites (N-methyl/N-ethyl adjacent to an activating group) is 1. The summed E-state index contributed by atoms with van der Waals surface area (Å²) in [5.41, 5.74) is 0.786. The van der Waals surface area contributed by atoms with Crippen molar-refractivity contribution in [2.24, 2.45) is 0 Å². The van der Waals surface area contributed by atoms with E-state index >= 15 is 0 Å². The van der Waals surface area contributed by atoms with Crippen molar-refractivity contribution in [3.05, 3.63) is 34.6 Å². The molecule has 0 aromatic heterocycles. The molecule has 1 aliphatic carbocycles. The van der Waals surface area contributed by atoms with Gasteiger partial charge in [-0.25, -0.2) is 4.39 Å². The number of hydrogen-bond donors (Lipinski definition) is 1. The molecular weight excluding hydrogens is 263 g/mol. The third-order valence-corrected chi connectivity index (χ3v) is 4.65. The molecule has 0 heterocycles. The Bertz CT molecular complexity index is 408. The lowest BCUT2D eigenvalue weighted by atomic mass is 9.96. The minimum Gasteiger partial charge on any atom is -0.311 e. The van der Waals surface area contributed by atoms with Crippen LogP contribution in [-0.2, 0) is 6.54 Å². The molecule has 0 radical (unpaired) electrons. The molecular formula is C15H22ClFN2. The lowest BCUT2D eigenvalue weighted by Gasteiger charge is -2.36. The minimum atomic E-state index is -0.231. The summed E-state index contributed by atoms with van der Waals surface area (Å²) in [5.74, 6) is -0.231. The Kier molecular flexibility index (Phi) is 4.82. The van der Waals surface area contributed by atoms with Crippen molar-refractivity contribution in [2.45, 2.75) is 37.8 Å². The van der Waals surface area contributed by atoms with E-state index in [1.165, 1.54) is 31.7 Å². The van der Waals surface area contributed by atoms with Gasteiger partial charge in [-0.15, -0.1) is 0 Å². The second kappa shape index (κ2) is 6.21. The molecule has 0 bridgehead atoms.